The van der Waals surface area contributed by atoms with Gasteiger partial charge in [0.25, 0.3) is 0 Å². The molecule has 0 radical (unpaired) electrons. The van der Waals surface area contributed by atoms with Crippen molar-refractivity contribution in [3.05, 3.63) is 77.4 Å². The quantitative estimate of drug-likeness (QED) is 0.417. The number of hydrogen-bond donors (Lipinski definition) is 0. The normalized spacial score (nSPS) is 11.4. The van der Waals surface area contributed by atoms with Crippen molar-refractivity contribution in [3.63, 3.8) is 0 Å². The molecule has 0 bridgehead atoms. The van der Waals surface area contributed by atoms with Gasteiger partial charge >= 0.3 is 0 Å². The lowest BCUT2D eigenvalue weighted by Crippen LogP contribution is -2.30. The number of nitrogens with zero attached hydrogens (tertiary/aromatic N) is 3. The maximum absolute atomic E-state index is 4.64. The molecule has 3 nitrogen and oxygen atoms in total. The van der Waals surface area contributed by atoms with Gasteiger partial charge in [-0.05, 0) is 61.4 Å². The van der Waals surface area contributed by atoms with E-state index in [4.69, 9.17) is 0 Å². The van der Waals surface area contributed by atoms with E-state index in [9.17, 15) is 0 Å². The second kappa shape index (κ2) is 7.40. The maximum atomic E-state index is 4.64. The Morgan fingerprint density at radius 3 is 2.38 bits per heavy atom. The number of fused-ring (bicyclic) bond motifs is 1. The van der Waals surface area contributed by atoms with Gasteiger partial charge < -0.3 is 0 Å². The standard InChI is InChI=1S/C26H28N3/c1-16(2)24-14-28-25(15-27-24)21-7-8-22-20(13-21)9-10-29(6)26(22)23-12-17(3)11-18(4)19(23)5/h7-16H,1-6H3/q+1. The highest BCUT2D eigenvalue weighted by Crippen LogP contribution is 2.32. The van der Waals surface area contributed by atoms with Gasteiger partial charge in [-0.1, -0.05) is 31.5 Å². The van der Waals surface area contributed by atoms with E-state index in [-0.39, 0.29) is 0 Å². The minimum Gasteiger partial charge on any atom is -0.257 e. The predicted molar refractivity (Wildman–Crippen MR) is 120 cm³/mol. The van der Waals surface area contributed by atoms with Crippen molar-refractivity contribution in [2.75, 3.05) is 0 Å². The summed E-state index contributed by atoms with van der Waals surface area (Å²) in [6.07, 6.45) is 5.92. The van der Waals surface area contributed by atoms with Crippen LogP contribution in [-0.2, 0) is 7.05 Å². The van der Waals surface area contributed by atoms with Crippen LogP contribution in [0.3, 0.4) is 0 Å². The van der Waals surface area contributed by atoms with Crippen LogP contribution < -0.4 is 4.57 Å². The summed E-state index contributed by atoms with van der Waals surface area (Å²) < 4.78 is 2.22. The summed E-state index contributed by atoms with van der Waals surface area (Å²) in [5, 5.41) is 2.46. The van der Waals surface area contributed by atoms with E-state index in [0.29, 0.717) is 5.92 Å². The molecule has 4 aromatic rings. The average molecular weight is 383 g/mol. The van der Waals surface area contributed by atoms with Gasteiger partial charge in [-0.2, -0.15) is 0 Å². The highest BCUT2D eigenvalue weighted by molar-refractivity contribution is 5.96. The Bertz CT molecular complexity index is 1210. The maximum Gasteiger partial charge on any atom is 0.220 e. The van der Waals surface area contributed by atoms with Crippen molar-refractivity contribution in [2.24, 2.45) is 7.05 Å². The first-order chi connectivity index (χ1) is 13.8. The molecule has 3 heteroatoms. The SMILES string of the molecule is Cc1cc(C)c(C)c(-c2c3ccc(-c4cnc(C(C)C)cn4)cc3cc[n+]2C)c1. The van der Waals surface area contributed by atoms with E-state index in [1.807, 2.05) is 12.4 Å². The van der Waals surface area contributed by atoms with E-state index < -0.39 is 0 Å². The van der Waals surface area contributed by atoms with Crippen LogP contribution in [0.15, 0.2) is 55.0 Å². The van der Waals surface area contributed by atoms with E-state index in [0.717, 1.165) is 17.0 Å². The minimum atomic E-state index is 0.386. The van der Waals surface area contributed by atoms with Crippen LogP contribution in [0.2, 0.25) is 0 Å². The fraction of sp³-hybridized carbons (Fsp3) is 0.269. The van der Waals surface area contributed by atoms with Crippen LogP contribution in [0.1, 0.15) is 42.1 Å². The molecular formula is C26H28N3+. The van der Waals surface area contributed by atoms with Crippen molar-refractivity contribution >= 4 is 10.8 Å². The van der Waals surface area contributed by atoms with E-state index in [2.05, 4.69) is 98.8 Å². The number of pyridine rings is 1. The number of rotatable bonds is 3. The van der Waals surface area contributed by atoms with Crippen molar-refractivity contribution in [1.29, 1.82) is 0 Å². The molecule has 0 amide bonds. The summed E-state index contributed by atoms with van der Waals surface area (Å²) in [7, 11) is 2.12. The fourth-order valence-corrected chi connectivity index (χ4v) is 3.94. The lowest BCUT2D eigenvalue weighted by atomic mass is 9.94. The first-order valence-corrected chi connectivity index (χ1v) is 10.2. The third-order valence-corrected chi connectivity index (χ3v) is 5.76. The summed E-state index contributed by atoms with van der Waals surface area (Å²) in [4.78, 5) is 9.22. The molecule has 0 saturated heterocycles. The smallest absolute Gasteiger partial charge is 0.220 e. The van der Waals surface area contributed by atoms with Gasteiger partial charge in [0.1, 0.15) is 7.05 Å². The fourth-order valence-electron chi connectivity index (χ4n) is 3.94. The molecule has 0 spiro atoms. The highest BCUT2D eigenvalue weighted by atomic mass is 14.9. The molecule has 0 N–H and O–H groups in total. The Balaban J connectivity index is 1.88. The van der Waals surface area contributed by atoms with Gasteiger partial charge in [0.15, 0.2) is 6.20 Å². The third-order valence-electron chi connectivity index (χ3n) is 5.76. The second-order valence-corrected chi connectivity index (χ2v) is 8.31. The molecule has 2 heterocycles. The van der Waals surface area contributed by atoms with Crippen LogP contribution in [0.5, 0.6) is 0 Å². The zero-order chi connectivity index (χ0) is 20.7. The number of aromatic nitrogens is 3. The monoisotopic (exact) mass is 382 g/mol. The molecule has 0 saturated carbocycles. The van der Waals surface area contributed by atoms with Crippen molar-refractivity contribution < 1.29 is 4.57 Å². The largest absolute Gasteiger partial charge is 0.257 e. The van der Waals surface area contributed by atoms with Crippen LogP contribution in [-0.4, -0.2) is 9.97 Å². The molecule has 0 aliphatic rings. The van der Waals surface area contributed by atoms with Gasteiger partial charge in [0.05, 0.1) is 28.5 Å². The summed E-state index contributed by atoms with van der Waals surface area (Å²) in [5.41, 5.74) is 9.52. The van der Waals surface area contributed by atoms with E-state index in [1.54, 1.807) is 0 Å². The Morgan fingerprint density at radius 1 is 0.897 bits per heavy atom. The van der Waals surface area contributed by atoms with Gasteiger partial charge in [-0.3, -0.25) is 9.97 Å². The zero-order valence-corrected chi connectivity index (χ0v) is 18.1. The topological polar surface area (TPSA) is 29.7 Å². The molecule has 0 atom stereocenters. The zero-order valence-electron chi connectivity index (χ0n) is 18.1. The molecule has 0 aliphatic carbocycles. The molecular weight excluding hydrogens is 354 g/mol. The van der Waals surface area contributed by atoms with Crippen molar-refractivity contribution in [1.82, 2.24) is 9.97 Å². The Kier molecular flexibility index (Phi) is 4.91. The first kappa shape index (κ1) is 19.3. The molecule has 2 aromatic heterocycles. The summed E-state index contributed by atoms with van der Waals surface area (Å²) in [6, 6.07) is 13.3. The Labute approximate surface area is 173 Å². The van der Waals surface area contributed by atoms with Gasteiger partial charge in [0, 0.05) is 17.8 Å². The summed E-state index contributed by atoms with van der Waals surface area (Å²) in [5.74, 6) is 0.386. The Hall–Kier alpha value is -3.07. The van der Waals surface area contributed by atoms with Crippen molar-refractivity contribution in [2.45, 2.75) is 40.5 Å². The molecule has 29 heavy (non-hydrogen) atoms. The van der Waals surface area contributed by atoms with Gasteiger partial charge in [-0.25, -0.2) is 4.57 Å². The second-order valence-electron chi connectivity index (χ2n) is 8.31. The molecule has 0 aliphatic heterocycles. The molecule has 0 fully saturated rings. The van der Waals surface area contributed by atoms with Crippen LogP contribution in [0.25, 0.3) is 33.3 Å². The van der Waals surface area contributed by atoms with Gasteiger partial charge in [0.2, 0.25) is 5.69 Å². The number of hydrogen-bond acceptors (Lipinski definition) is 2. The first-order valence-electron chi connectivity index (χ1n) is 10.2. The van der Waals surface area contributed by atoms with Crippen molar-refractivity contribution in [3.8, 4) is 22.5 Å². The number of benzene rings is 2. The molecule has 2 aromatic carbocycles. The number of aryl methyl sites for hydroxylation is 3. The summed E-state index contributed by atoms with van der Waals surface area (Å²) in [6.45, 7) is 10.8. The molecule has 4 rings (SSSR count). The van der Waals surface area contributed by atoms with Crippen LogP contribution in [0, 0.1) is 20.8 Å². The highest BCUT2D eigenvalue weighted by Gasteiger charge is 2.19. The lowest BCUT2D eigenvalue weighted by Gasteiger charge is -2.12. The Morgan fingerprint density at radius 2 is 1.69 bits per heavy atom. The van der Waals surface area contributed by atoms with E-state index >= 15 is 0 Å². The van der Waals surface area contributed by atoms with Gasteiger partial charge in [-0.15, -0.1) is 0 Å². The van der Waals surface area contributed by atoms with Crippen LogP contribution in [0.4, 0.5) is 0 Å². The lowest BCUT2D eigenvalue weighted by molar-refractivity contribution is -0.659. The molecule has 146 valence electrons. The van der Waals surface area contributed by atoms with E-state index in [1.165, 1.54) is 38.7 Å². The minimum absolute atomic E-state index is 0.386. The third kappa shape index (κ3) is 3.53. The molecule has 0 unspecified atom stereocenters. The van der Waals surface area contributed by atoms with Crippen LogP contribution >= 0.6 is 0 Å². The predicted octanol–water partition coefficient (Wildman–Crippen LogP) is 5.84. The average Bonchev–Trinajstić information content (AvgIpc) is 2.70. The summed E-state index contributed by atoms with van der Waals surface area (Å²) >= 11 is 0.